The standard InChI is InChI=1S/C17H12N6/c18-16-15-12(14(22-23-15)13-8-4-5-9-19-13)10-20-17(21-16)11-6-2-1-3-7-11/h1-10,18H,(H,22,23). The highest BCUT2D eigenvalue weighted by Gasteiger charge is 2.11. The van der Waals surface area contributed by atoms with Crippen molar-refractivity contribution in [2.45, 2.75) is 0 Å². The number of aromatic nitrogens is 5. The lowest BCUT2D eigenvalue weighted by Gasteiger charge is -1.95. The fourth-order valence-electron chi connectivity index (χ4n) is 2.40. The molecule has 0 fully saturated rings. The third kappa shape index (κ3) is 2.36. The van der Waals surface area contributed by atoms with Gasteiger partial charge in [-0.15, -0.1) is 0 Å². The van der Waals surface area contributed by atoms with Crippen molar-refractivity contribution < 1.29 is 0 Å². The Kier molecular flexibility index (Phi) is 3.12. The monoisotopic (exact) mass is 300 g/mol. The lowest BCUT2D eigenvalue weighted by Crippen LogP contribution is -2.04. The number of nitrogens with zero attached hydrogens (tertiary/aromatic N) is 4. The lowest BCUT2D eigenvalue weighted by atomic mass is 10.2. The SMILES string of the molecule is N=c1nc(-c2ccccc2)ncc2c(-c3ccccn3)n[nH]c12. The zero-order valence-corrected chi connectivity index (χ0v) is 12.1. The minimum Gasteiger partial charge on any atom is -0.281 e. The Morgan fingerprint density at radius 2 is 1.74 bits per heavy atom. The molecule has 3 aromatic heterocycles. The molecule has 110 valence electrons. The first-order valence-corrected chi connectivity index (χ1v) is 7.10. The molecule has 0 radical (unpaired) electrons. The van der Waals surface area contributed by atoms with Gasteiger partial charge in [0, 0.05) is 18.0 Å². The van der Waals surface area contributed by atoms with Crippen LogP contribution in [0.3, 0.4) is 0 Å². The number of benzene rings is 1. The number of pyridine rings is 1. The molecule has 0 unspecified atom stereocenters. The van der Waals surface area contributed by atoms with Crippen LogP contribution in [-0.4, -0.2) is 25.1 Å². The summed E-state index contributed by atoms with van der Waals surface area (Å²) >= 11 is 0. The molecule has 0 atom stereocenters. The molecule has 0 saturated carbocycles. The van der Waals surface area contributed by atoms with Crippen LogP contribution < -0.4 is 5.49 Å². The highest BCUT2D eigenvalue weighted by Crippen LogP contribution is 2.22. The Morgan fingerprint density at radius 1 is 0.913 bits per heavy atom. The normalized spacial score (nSPS) is 10.8. The molecule has 4 aromatic rings. The summed E-state index contributed by atoms with van der Waals surface area (Å²) < 4.78 is 0. The molecule has 0 bridgehead atoms. The number of fused-ring (bicyclic) bond motifs is 1. The van der Waals surface area contributed by atoms with Crippen LogP contribution >= 0.6 is 0 Å². The molecule has 2 N–H and O–H groups in total. The Morgan fingerprint density at radius 3 is 2.52 bits per heavy atom. The maximum atomic E-state index is 8.21. The van der Waals surface area contributed by atoms with Gasteiger partial charge in [-0.05, 0) is 12.1 Å². The minimum absolute atomic E-state index is 0.103. The van der Waals surface area contributed by atoms with E-state index in [1.54, 1.807) is 12.4 Å². The summed E-state index contributed by atoms with van der Waals surface area (Å²) in [6.45, 7) is 0. The minimum atomic E-state index is 0.103. The largest absolute Gasteiger partial charge is 0.281 e. The fourth-order valence-corrected chi connectivity index (χ4v) is 2.40. The third-order valence-electron chi connectivity index (χ3n) is 3.51. The Bertz CT molecular complexity index is 1030. The third-order valence-corrected chi connectivity index (χ3v) is 3.51. The van der Waals surface area contributed by atoms with E-state index in [1.807, 2.05) is 48.5 Å². The van der Waals surface area contributed by atoms with Gasteiger partial charge in [0.2, 0.25) is 0 Å². The zero-order chi connectivity index (χ0) is 15.6. The van der Waals surface area contributed by atoms with Crippen LogP contribution in [0.1, 0.15) is 0 Å². The molecule has 0 spiro atoms. The fraction of sp³-hybridized carbons (Fsp3) is 0. The Hall–Kier alpha value is -3.41. The second-order valence-electron chi connectivity index (χ2n) is 4.98. The van der Waals surface area contributed by atoms with Crippen molar-refractivity contribution in [1.29, 1.82) is 5.41 Å². The summed E-state index contributed by atoms with van der Waals surface area (Å²) in [6, 6.07) is 15.2. The molecule has 1 aromatic carbocycles. The van der Waals surface area contributed by atoms with Crippen LogP contribution in [0.15, 0.2) is 60.9 Å². The highest BCUT2D eigenvalue weighted by atomic mass is 15.1. The van der Waals surface area contributed by atoms with Gasteiger partial charge in [0.05, 0.1) is 11.1 Å². The van der Waals surface area contributed by atoms with E-state index in [9.17, 15) is 0 Å². The summed E-state index contributed by atoms with van der Waals surface area (Å²) in [7, 11) is 0. The number of H-pyrrole nitrogens is 1. The molecule has 23 heavy (non-hydrogen) atoms. The van der Waals surface area contributed by atoms with Crippen LogP contribution in [0, 0.1) is 5.41 Å². The van der Waals surface area contributed by atoms with E-state index in [0.29, 0.717) is 17.0 Å². The van der Waals surface area contributed by atoms with Gasteiger partial charge in [-0.25, -0.2) is 9.97 Å². The van der Waals surface area contributed by atoms with E-state index in [4.69, 9.17) is 5.41 Å². The predicted molar refractivity (Wildman–Crippen MR) is 86.2 cm³/mol. The molecule has 6 nitrogen and oxygen atoms in total. The second-order valence-corrected chi connectivity index (χ2v) is 4.98. The summed E-state index contributed by atoms with van der Waals surface area (Å²) in [4.78, 5) is 13.1. The van der Waals surface area contributed by atoms with Gasteiger partial charge in [-0.2, -0.15) is 5.10 Å². The van der Waals surface area contributed by atoms with Gasteiger partial charge in [-0.3, -0.25) is 15.5 Å². The lowest BCUT2D eigenvalue weighted by molar-refractivity contribution is 1.06. The molecule has 0 saturated heterocycles. The van der Waals surface area contributed by atoms with Gasteiger partial charge in [0.1, 0.15) is 11.2 Å². The molecule has 4 rings (SSSR count). The Labute approximate surface area is 131 Å². The average molecular weight is 300 g/mol. The smallest absolute Gasteiger partial charge is 0.173 e. The van der Waals surface area contributed by atoms with Crippen molar-refractivity contribution in [2.75, 3.05) is 0 Å². The predicted octanol–water partition coefficient (Wildman–Crippen LogP) is 2.56. The van der Waals surface area contributed by atoms with E-state index < -0.39 is 0 Å². The van der Waals surface area contributed by atoms with Gasteiger partial charge in [0.15, 0.2) is 11.3 Å². The van der Waals surface area contributed by atoms with Crippen molar-refractivity contribution in [3.63, 3.8) is 0 Å². The van der Waals surface area contributed by atoms with Crippen molar-refractivity contribution in [1.82, 2.24) is 25.1 Å². The number of aromatic amines is 1. The summed E-state index contributed by atoms with van der Waals surface area (Å²) in [6.07, 6.45) is 3.40. The Balaban J connectivity index is 1.97. The van der Waals surface area contributed by atoms with Gasteiger partial charge < -0.3 is 0 Å². The van der Waals surface area contributed by atoms with Crippen molar-refractivity contribution in [3.05, 3.63) is 66.4 Å². The van der Waals surface area contributed by atoms with Crippen LogP contribution in [0.5, 0.6) is 0 Å². The maximum absolute atomic E-state index is 8.21. The van der Waals surface area contributed by atoms with E-state index in [-0.39, 0.29) is 5.49 Å². The molecular formula is C17H12N6. The van der Waals surface area contributed by atoms with Crippen molar-refractivity contribution in [3.8, 4) is 22.8 Å². The first kappa shape index (κ1) is 13.3. The van der Waals surface area contributed by atoms with Crippen LogP contribution in [0.4, 0.5) is 0 Å². The van der Waals surface area contributed by atoms with Crippen molar-refractivity contribution in [2.24, 2.45) is 0 Å². The van der Waals surface area contributed by atoms with E-state index >= 15 is 0 Å². The van der Waals surface area contributed by atoms with Gasteiger partial charge in [0.25, 0.3) is 0 Å². The summed E-state index contributed by atoms with van der Waals surface area (Å²) in [5.41, 5.74) is 2.91. The van der Waals surface area contributed by atoms with Crippen LogP contribution in [0.2, 0.25) is 0 Å². The molecular weight excluding hydrogens is 288 g/mol. The molecule has 6 heteroatoms. The highest BCUT2D eigenvalue weighted by molar-refractivity contribution is 5.90. The van der Waals surface area contributed by atoms with Crippen molar-refractivity contribution >= 4 is 10.9 Å². The number of hydrogen-bond donors (Lipinski definition) is 2. The van der Waals surface area contributed by atoms with Crippen LogP contribution in [0.25, 0.3) is 33.7 Å². The molecule has 0 aliphatic heterocycles. The van der Waals surface area contributed by atoms with E-state index in [2.05, 4.69) is 25.1 Å². The average Bonchev–Trinajstić information content (AvgIpc) is 2.97. The van der Waals surface area contributed by atoms with E-state index in [1.165, 1.54) is 0 Å². The van der Waals surface area contributed by atoms with E-state index in [0.717, 1.165) is 16.6 Å². The summed E-state index contributed by atoms with van der Waals surface area (Å²) in [5, 5.41) is 16.1. The molecule has 0 amide bonds. The maximum Gasteiger partial charge on any atom is 0.173 e. The topological polar surface area (TPSA) is 91.2 Å². The first-order chi connectivity index (χ1) is 11.3. The van der Waals surface area contributed by atoms with Gasteiger partial charge in [-0.1, -0.05) is 36.4 Å². The van der Waals surface area contributed by atoms with Gasteiger partial charge >= 0.3 is 0 Å². The quantitative estimate of drug-likeness (QED) is 0.595. The zero-order valence-electron chi connectivity index (χ0n) is 12.1. The number of nitrogens with one attached hydrogen (secondary N) is 2. The molecule has 0 aliphatic rings. The first-order valence-electron chi connectivity index (χ1n) is 7.10. The summed E-state index contributed by atoms with van der Waals surface area (Å²) in [5.74, 6) is 0.507. The number of rotatable bonds is 2. The van der Waals surface area contributed by atoms with Crippen LogP contribution in [-0.2, 0) is 0 Å². The number of hydrogen-bond acceptors (Lipinski definition) is 5. The second kappa shape index (κ2) is 5.42. The molecule has 3 heterocycles. The molecule has 0 aliphatic carbocycles.